The Kier molecular flexibility index (Phi) is 8.13. The molecule has 0 bridgehead atoms. The number of thioether (sulfide) groups is 1. The topological polar surface area (TPSA) is 110 Å². The van der Waals surface area contributed by atoms with Crippen LogP contribution in [0.3, 0.4) is 0 Å². The number of hydrogen-bond acceptors (Lipinski definition) is 7. The third-order valence-corrected chi connectivity index (χ3v) is 6.42. The Morgan fingerprint density at radius 2 is 2.00 bits per heavy atom. The molecule has 1 aromatic carbocycles. The standard InChI is InChI=1S/C18H22ClN5O3S2/c19-13-3-1-12(2-4-13)11-28-17-14(15(20)25)16(29-23-17)22-18(26)21-5-6-24-7-9-27-10-8-24/h1-4H,5-11H2,(H2,20,25)(H2,21,22,26). The normalized spacial score (nSPS) is 14.5. The number of amides is 3. The van der Waals surface area contributed by atoms with Crippen LogP contribution in [-0.2, 0) is 10.5 Å². The molecule has 1 aliphatic heterocycles. The molecule has 11 heteroatoms. The van der Waals surface area contributed by atoms with Crippen molar-refractivity contribution in [1.82, 2.24) is 14.6 Å². The summed E-state index contributed by atoms with van der Waals surface area (Å²) in [6.07, 6.45) is 0. The van der Waals surface area contributed by atoms with Crippen LogP contribution in [0, 0.1) is 0 Å². The van der Waals surface area contributed by atoms with Crippen LogP contribution in [0.2, 0.25) is 5.02 Å². The highest BCUT2D eigenvalue weighted by atomic mass is 35.5. The average Bonchev–Trinajstić information content (AvgIpc) is 3.11. The Morgan fingerprint density at radius 3 is 2.69 bits per heavy atom. The van der Waals surface area contributed by atoms with Gasteiger partial charge >= 0.3 is 6.03 Å². The summed E-state index contributed by atoms with van der Waals surface area (Å²) < 4.78 is 9.59. The molecular weight excluding hydrogens is 434 g/mol. The second kappa shape index (κ2) is 10.8. The van der Waals surface area contributed by atoms with Crippen molar-refractivity contribution in [2.75, 3.05) is 44.7 Å². The van der Waals surface area contributed by atoms with Gasteiger partial charge in [0.2, 0.25) is 0 Å². The molecule has 1 fully saturated rings. The summed E-state index contributed by atoms with van der Waals surface area (Å²) >= 11 is 8.32. The van der Waals surface area contributed by atoms with E-state index in [2.05, 4.69) is 19.9 Å². The van der Waals surface area contributed by atoms with E-state index in [9.17, 15) is 9.59 Å². The molecule has 1 saturated heterocycles. The summed E-state index contributed by atoms with van der Waals surface area (Å²) in [6, 6.07) is 7.04. The molecule has 3 amide bonds. The molecule has 0 radical (unpaired) electrons. The Morgan fingerprint density at radius 1 is 1.28 bits per heavy atom. The third kappa shape index (κ3) is 6.58. The molecule has 156 valence electrons. The lowest BCUT2D eigenvalue weighted by Gasteiger charge is -2.26. The van der Waals surface area contributed by atoms with Crippen LogP contribution in [0.1, 0.15) is 15.9 Å². The first-order chi connectivity index (χ1) is 14.0. The number of morpholine rings is 1. The second-order valence-corrected chi connectivity index (χ2v) is 8.48. The zero-order chi connectivity index (χ0) is 20.6. The number of ether oxygens (including phenoxy) is 1. The lowest BCUT2D eigenvalue weighted by Crippen LogP contribution is -2.42. The molecule has 0 aliphatic carbocycles. The summed E-state index contributed by atoms with van der Waals surface area (Å²) in [5.41, 5.74) is 6.80. The van der Waals surface area contributed by atoms with Gasteiger partial charge in [-0.05, 0) is 29.2 Å². The van der Waals surface area contributed by atoms with Crippen molar-refractivity contribution in [1.29, 1.82) is 0 Å². The molecule has 29 heavy (non-hydrogen) atoms. The SMILES string of the molecule is NC(=O)c1c(SCc2ccc(Cl)cc2)nsc1NC(=O)NCCN1CCOCC1. The molecule has 3 rings (SSSR count). The molecule has 2 heterocycles. The van der Waals surface area contributed by atoms with E-state index in [0.29, 0.717) is 40.6 Å². The fraction of sp³-hybridized carbons (Fsp3) is 0.389. The first kappa shape index (κ1) is 21.8. The lowest BCUT2D eigenvalue weighted by atomic mass is 10.2. The number of rotatable bonds is 8. The van der Waals surface area contributed by atoms with E-state index in [0.717, 1.165) is 36.7 Å². The van der Waals surface area contributed by atoms with Gasteiger partial charge in [0.25, 0.3) is 5.91 Å². The average molecular weight is 456 g/mol. The molecule has 1 aromatic heterocycles. The van der Waals surface area contributed by atoms with Crippen molar-refractivity contribution in [3.63, 3.8) is 0 Å². The molecule has 4 N–H and O–H groups in total. The quantitative estimate of drug-likeness (QED) is 0.528. The minimum Gasteiger partial charge on any atom is -0.379 e. The number of hydrogen-bond donors (Lipinski definition) is 3. The first-order valence-electron chi connectivity index (χ1n) is 9.04. The summed E-state index contributed by atoms with van der Waals surface area (Å²) in [5, 5.41) is 6.99. The molecule has 8 nitrogen and oxygen atoms in total. The number of halogens is 1. The van der Waals surface area contributed by atoms with Crippen molar-refractivity contribution in [2.45, 2.75) is 10.8 Å². The fourth-order valence-corrected chi connectivity index (χ4v) is 4.76. The van der Waals surface area contributed by atoms with E-state index < -0.39 is 11.9 Å². The Bertz CT molecular complexity index is 841. The molecule has 0 unspecified atom stereocenters. The number of benzene rings is 1. The highest BCUT2D eigenvalue weighted by Crippen LogP contribution is 2.33. The molecule has 2 aromatic rings. The van der Waals surface area contributed by atoms with E-state index in [1.807, 2.05) is 24.3 Å². The summed E-state index contributed by atoms with van der Waals surface area (Å²) in [4.78, 5) is 26.3. The number of anilines is 1. The highest BCUT2D eigenvalue weighted by molar-refractivity contribution is 7.98. The minimum absolute atomic E-state index is 0.234. The van der Waals surface area contributed by atoms with Gasteiger partial charge < -0.3 is 15.8 Å². The third-order valence-electron chi connectivity index (χ3n) is 4.24. The monoisotopic (exact) mass is 455 g/mol. The smallest absolute Gasteiger partial charge is 0.319 e. The van der Waals surface area contributed by atoms with Crippen molar-refractivity contribution in [2.24, 2.45) is 5.73 Å². The fourth-order valence-electron chi connectivity index (χ4n) is 2.71. The van der Waals surface area contributed by atoms with Crippen LogP contribution in [0.25, 0.3) is 0 Å². The van der Waals surface area contributed by atoms with Crippen molar-refractivity contribution >= 4 is 51.8 Å². The number of nitrogens with zero attached hydrogens (tertiary/aromatic N) is 2. The Balaban J connectivity index is 1.53. The molecular formula is C18H22ClN5O3S2. The van der Waals surface area contributed by atoms with Crippen LogP contribution in [0.4, 0.5) is 9.80 Å². The second-order valence-electron chi connectivity index (χ2n) is 6.31. The minimum atomic E-state index is -0.624. The van der Waals surface area contributed by atoms with Gasteiger partial charge in [-0.1, -0.05) is 35.5 Å². The van der Waals surface area contributed by atoms with Gasteiger partial charge in [0, 0.05) is 37.0 Å². The summed E-state index contributed by atoms with van der Waals surface area (Å²) in [6.45, 7) is 4.38. The van der Waals surface area contributed by atoms with Crippen LogP contribution in [-0.4, -0.2) is 60.6 Å². The summed E-state index contributed by atoms with van der Waals surface area (Å²) in [5.74, 6) is -0.0206. The van der Waals surface area contributed by atoms with Crippen molar-refractivity contribution in [3.8, 4) is 0 Å². The van der Waals surface area contributed by atoms with E-state index in [1.54, 1.807) is 0 Å². The zero-order valence-electron chi connectivity index (χ0n) is 15.7. The maximum atomic E-state index is 12.2. The van der Waals surface area contributed by atoms with Gasteiger partial charge in [0.15, 0.2) is 0 Å². The number of primary amides is 1. The van der Waals surface area contributed by atoms with Gasteiger partial charge in [0.1, 0.15) is 15.6 Å². The number of carbonyl (C=O) groups excluding carboxylic acids is 2. The Hall–Kier alpha value is -1.85. The van der Waals surface area contributed by atoms with E-state index in [1.165, 1.54) is 11.8 Å². The largest absolute Gasteiger partial charge is 0.379 e. The highest BCUT2D eigenvalue weighted by Gasteiger charge is 2.21. The number of urea groups is 1. The van der Waals surface area contributed by atoms with E-state index >= 15 is 0 Å². The van der Waals surface area contributed by atoms with Gasteiger partial charge in [0.05, 0.1) is 13.2 Å². The van der Waals surface area contributed by atoms with Crippen LogP contribution >= 0.6 is 34.9 Å². The maximum Gasteiger partial charge on any atom is 0.319 e. The number of nitrogens with two attached hydrogens (primary N) is 1. The molecule has 0 spiro atoms. The molecule has 0 saturated carbocycles. The van der Waals surface area contributed by atoms with E-state index in [4.69, 9.17) is 22.1 Å². The molecule has 0 atom stereocenters. The lowest BCUT2D eigenvalue weighted by molar-refractivity contribution is 0.0388. The van der Waals surface area contributed by atoms with Crippen LogP contribution in [0.5, 0.6) is 0 Å². The van der Waals surface area contributed by atoms with Crippen LogP contribution in [0.15, 0.2) is 29.3 Å². The van der Waals surface area contributed by atoms with Gasteiger partial charge in [-0.25, -0.2) is 4.79 Å². The first-order valence-corrected chi connectivity index (χ1v) is 11.2. The Labute approximate surface area is 182 Å². The van der Waals surface area contributed by atoms with Crippen molar-refractivity contribution < 1.29 is 14.3 Å². The van der Waals surface area contributed by atoms with Gasteiger partial charge in [-0.2, -0.15) is 4.37 Å². The number of aromatic nitrogens is 1. The zero-order valence-corrected chi connectivity index (χ0v) is 18.0. The maximum absolute atomic E-state index is 12.2. The van der Waals surface area contributed by atoms with Gasteiger partial charge in [-0.15, -0.1) is 0 Å². The number of carbonyl (C=O) groups is 2. The van der Waals surface area contributed by atoms with Crippen LogP contribution < -0.4 is 16.4 Å². The summed E-state index contributed by atoms with van der Waals surface area (Å²) in [7, 11) is 0. The van der Waals surface area contributed by atoms with E-state index in [-0.39, 0.29) is 5.56 Å². The number of nitrogens with one attached hydrogen (secondary N) is 2. The van der Waals surface area contributed by atoms with Crippen molar-refractivity contribution in [3.05, 3.63) is 40.4 Å². The van der Waals surface area contributed by atoms with Gasteiger partial charge in [-0.3, -0.25) is 15.0 Å². The predicted molar refractivity (Wildman–Crippen MR) is 116 cm³/mol. The predicted octanol–water partition coefficient (Wildman–Crippen LogP) is 2.64. The molecule has 1 aliphatic rings.